The Morgan fingerprint density at radius 1 is 1.32 bits per heavy atom. The molecule has 4 heteroatoms. The van der Waals surface area contributed by atoms with Gasteiger partial charge in [0.15, 0.2) is 0 Å². The lowest BCUT2D eigenvalue weighted by Crippen LogP contribution is -2.40. The lowest BCUT2D eigenvalue weighted by molar-refractivity contribution is 0.158. The monoisotopic (exact) mass is 261 g/mol. The molecule has 19 heavy (non-hydrogen) atoms. The summed E-state index contributed by atoms with van der Waals surface area (Å²) in [7, 11) is 2.24. The van der Waals surface area contributed by atoms with Crippen LogP contribution in [0.1, 0.15) is 55.6 Å². The van der Waals surface area contributed by atoms with E-state index in [0.717, 1.165) is 36.3 Å². The highest BCUT2D eigenvalue weighted by Gasteiger charge is 2.39. The largest absolute Gasteiger partial charge is 0.310 e. The third-order valence-electron chi connectivity index (χ3n) is 5.08. The molecule has 2 bridgehead atoms. The number of hydrogen-bond acceptors (Lipinski definition) is 3. The van der Waals surface area contributed by atoms with E-state index < -0.39 is 0 Å². The van der Waals surface area contributed by atoms with E-state index in [-0.39, 0.29) is 5.56 Å². The molecule has 0 aromatic carbocycles. The first-order valence-corrected chi connectivity index (χ1v) is 7.41. The average molecular weight is 261 g/mol. The zero-order chi connectivity index (χ0) is 13.6. The fourth-order valence-electron chi connectivity index (χ4n) is 3.88. The number of fused-ring (bicyclic) bond motifs is 2. The number of aromatic amines is 1. The molecule has 3 rings (SSSR count). The van der Waals surface area contributed by atoms with Crippen molar-refractivity contribution in [3.8, 4) is 0 Å². The number of H-pyrrole nitrogens is 1. The van der Waals surface area contributed by atoms with E-state index in [1.165, 1.54) is 12.8 Å². The molecule has 2 aliphatic rings. The van der Waals surface area contributed by atoms with E-state index >= 15 is 0 Å². The van der Waals surface area contributed by atoms with Crippen molar-refractivity contribution in [3.05, 3.63) is 27.4 Å². The Morgan fingerprint density at radius 2 is 1.95 bits per heavy atom. The quantitative estimate of drug-likeness (QED) is 0.885. The van der Waals surface area contributed by atoms with Crippen molar-refractivity contribution >= 4 is 0 Å². The summed E-state index contributed by atoms with van der Waals surface area (Å²) in [5.74, 6) is 1.36. The molecule has 2 atom stereocenters. The molecule has 2 saturated heterocycles. The molecular formula is C15H23N3O. The minimum Gasteiger partial charge on any atom is -0.310 e. The topological polar surface area (TPSA) is 49.0 Å². The van der Waals surface area contributed by atoms with Crippen LogP contribution in [-0.4, -0.2) is 34.0 Å². The zero-order valence-corrected chi connectivity index (χ0v) is 12.1. The predicted molar refractivity (Wildman–Crippen MR) is 75.5 cm³/mol. The second kappa shape index (κ2) is 4.75. The molecule has 2 aliphatic heterocycles. The summed E-state index contributed by atoms with van der Waals surface area (Å²) < 4.78 is 0. The van der Waals surface area contributed by atoms with Crippen LogP contribution in [0.3, 0.4) is 0 Å². The van der Waals surface area contributed by atoms with Crippen LogP contribution in [0.5, 0.6) is 0 Å². The first-order chi connectivity index (χ1) is 9.10. The Kier molecular flexibility index (Phi) is 3.21. The van der Waals surface area contributed by atoms with E-state index in [4.69, 9.17) is 0 Å². The van der Waals surface area contributed by atoms with Crippen molar-refractivity contribution in [2.24, 2.45) is 0 Å². The zero-order valence-electron chi connectivity index (χ0n) is 12.1. The van der Waals surface area contributed by atoms with E-state index in [9.17, 15) is 4.79 Å². The molecule has 0 amide bonds. The lowest BCUT2D eigenvalue weighted by Gasteiger charge is -2.35. The van der Waals surface area contributed by atoms with Gasteiger partial charge >= 0.3 is 0 Å². The van der Waals surface area contributed by atoms with Gasteiger partial charge in [0.2, 0.25) is 0 Å². The fourth-order valence-corrected chi connectivity index (χ4v) is 3.88. The first kappa shape index (κ1) is 12.9. The third-order valence-corrected chi connectivity index (χ3v) is 5.08. The fraction of sp³-hybridized carbons (Fsp3) is 0.733. The summed E-state index contributed by atoms with van der Waals surface area (Å²) in [5.41, 5.74) is 1.81. The molecule has 104 valence electrons. The summed E-state index contributed by atoms with van der Waals surface area (Å²) in [5, 5.41) is 0. The van der Waals surface area contributed by atoms with Gasteiger partial charge in [0.25, 0.3) is 5.56 Å². The molecule has 2 unspecified atom stereocenters. The lowest BCUT2D eigenvalue weighted by atomic mass is 9.90. The van der Waals surface area contributed by atoms with Crippen molar-refractivity contribution in [2.75, 3.05) is 7.05 Å². The molecule has 0 aliphatic carbocycles. The van der Waals surface area contributed by atoms with E-state index in [0.29, 0.717) is 18.0 Å². The summed E-state index contributed by atoms with van der Waals surface area (Å²) >= 11 is 0. The van der Waals surface area contributed by atoms with Gasteiger partial charge in [-0.05, 0) is 46.1 Å². The van der Waals surface area contributed by atoms with E-state index in [1.807, 2.05) is 13.8 Å². The van der Waals surface area contributed by atoms with Gasteiger partial charge in [-0.15, -0.1) is 0 Å². The van der Waals surface area contributed by atoms with Gasteiger partial charge in [-0.1, -0.05) is 6.92 Å². The summed E-state index contributed by atoms with van der Waals surface area (Å²) in [6.45, 7) is 3.97. The molecule has 4 nitrogen and oxygen atoms in total. The number of nitrogens with zero attached hydrogens (tertiary/aromatic N) is 2. The van der Waals surface area contributed by atoms with Gasteiger partial charge in [0.05, 0.1) is 0 Å². The van der Waals surface area contributed by atoms with Gasteiger partial charge < -0.3 is 9.88 Å². The van der Waals surface area contributed by atoms with E-state index in [1.54, 1.807) is 0 Å². The van der Waals surface area contributed by atoms with Crippen LogP contribution in [0.25, 0.3) is 0 Å². The summed E-state index contributed by atoms with van der Waals surface area (Å²) in [6.07, 6.45) is 5.64. The summed E-state index contributed by atoms with van der Waals surface area (Å²) in [4.78, 5) is 22.3. The van der Waals surface area contributed by atoms with Crippen LogP contribution in [0, 0.1) is 6.92 Å². The van der Waals surface area contributed by atoms with Crippen molar-refractivity contribution in [1.82, 2.24) is 14.9 Å². The Balaban J connectivity index is 1.90. The normalized spacial score (nSPS) is 30.8. The van der Waals surface area contributed by atoms with Gasteiger partial charge in [0, 0.05) is 29.3 Å². The number of nitrogens with one attached hydrogen (secondary N) is 1. The highest BCUT2D eigenvalue weighted by atomic mass is 16.1. The summed E-state index contributed by atoms with van der Waals surface area (Å²) in [6, 6.07) is 1.36. The molecule has 1 N–H and O–H groups in total. The number of piperidine rings is 1. The highest BCUT2D eigenvalue weighted by Crippen LogP contribution is 2.40. The maximum absolute atomic E-state index is 12.1. The molecule has 0 saturated carbocycles. The van der Waals surface area contributed by atoms with Crippen molar-refractivity contribution < 1.29 is 0 Å². The average Bonchev–Trinajstić information content (AvgIpc) is 2.62. The van der Waals surface area contributed by atoms with Crippen molar-refractivity contribution in [3.63, 3.8) is 0 Å². The maximum atomic E-state index is 12.1. The second-order valence-electron chi connectivity index (χ2n) is 6.09. The molecular weight excluding hydrogens is 238 g/mol. The van der Waals surface area contributed by atoms with E-state index in [2.05, 4.69) is 21.9 Å². The third kappa shape index (κ3) is 2.12. The Labute approximate surface area is 114 Å². The van der Waals surface area contributed by atoms with Gasteiger partial charge in [0.1, 0.15) is 5.82 Å². The minimum atomic E-state index is 0.0660. The number of aryl methyl sites for hydroxylation is 1. The van der Waals surface area contributed by atoms with Gasteiger partial charge in [-0.25, -0.2) is 4.98 Å². The van der Waals surface area contributed by atoms with Crippen LogP contribution < -0.4 is 5.56 Å². The first-order valence-electron chi connectivity index (χ1n) is 7.41. The molecule has 1 aromatic rings. The van der Waals surface area contributed by atoms with Crippen LogP contribution in [0.4, 0.5) is 0 Å². The van der Waals surface area contributed by atoms with Gasteiger partial charge in [-0.3, -0.25) is 4.79 Å². The number of rotatable bonds is 2. The van der Waals surface area contributed by atoms with Crippen LogP contribution in [-0.2, 0) is 6.42 Å². The van der Waals surface area contributed by atoms with Crippen molar-refractivity contribution in [1.29, 1.82) is 0 Å². The molecule has 2 fully saturated rings. The Morgan fingerprint density at radius 3 is 2.47 bits per heavy atom. The number of hydrogen-bond donors (Lipinski definition) is 1. The number of aromatic nitrogens is 2. The predicted octanol–water partition coefficient (Wildman–Crippen LogP) is 1.98. The Bertz CT molecular complexity index is 523. The molecule has 0 spiro atoms. The van der Waals surface area contributed by atoms with Gasteiger partial charge in [-0.2, -0.15) is 0 Å². The SMILES string of the molecule is CCc1c(C)nc(C2CC3CCC(C2)N3C)[nH]c1=O. The Hall–Kier alpha value is -1.16. The minimum absolute atomic E-state index is 0.0660. The van der Waals surface area contributed by atoms with Crippen molar-refractivity contribution in [2.45, 2.75) is 64.0 Å². The van der Waals surface area contributed by atoms with Crippen LogP contribution in [0.2, 0.25) is 0 Å². The van der Waals surface area contributed by atoms with Crippen LogP contribution in [0.15, 0.2) is 4.79 Å². The molecule has 1 aromatic heterocycles. The standard InChI is InChI=1S/C15H23N3O/c1-4-13-9(2)16-14(17-15(13)19)10-7-11-5-6-12(8-10)18(11)3/h10-12H,4-8H2,1-3H3,(H,16,17,19). The van der Waals surface area contributed by atoms with Crippen LogP contribution >= 0.6 is 0 Å². The second-order valence-corrected chi connectivity index (χ2v) is 6.09. The highest BCUT2D eigenvalue weighted by molar-refractivity contribution is 5.18. The molecule has 0 radical (unpaired) electrons. The maximum Gasteiger partial charge on any atom is 0.254 e. The smallest absolute Gasteiger partial charge is 0.254 e. The molecule has 3 heterocycles.